The van der Waals surface area contributed by atoms with E-state index in [1.807, 2.05) is 36.2 Å². The molecule has 0 saturated heterocycles. The Morgan fingerprint density at radius 3 is 2.76 bits per heavy atom. The van der Waals surface area contributed by atoms with Crippen molar-refractivity contribution in [2.24, 2.45) is 7.05 Å². The van der Waals surface area contributed by atoms with E-state index in [-0.39, 0.29) is 6.04 Å². The van der Waals surface area contributed by atoms with E-state index in [1.54, 1.807) is 17.7 Å². The van der Waals surface area contributed by atoms with Crippen LogP contribution in [0.4, 0.5) is 5.69 Å². The fourth-order valence-corrected chi connectivity index (χ4v) is 3.17. The van der Waals surface area contributed by atoms with Gasteiger partial charge >= 0.3 is 0 Å². The van der Waals surface area contributed by atoms with Crippen molar-refractivity contribution in [3.8, 4) is 11.4 Å². The summed E-state index contributed by atoms with van der Waals surface area (Å²) in [6.45, 7) is 4.19. The van der Waals surface area contributed by atoms with E-state index in [0.29, 0.717) is 0 Å². The molecule has 0 amide bonds. The Morgan fingerprint density at radius 1 is 1.29 bits per heavy atom. The average molecular weight is 299 g/mol. The molecule has 1 aromatic carbocycles. The smallest absolute Gasteiger partial charge is 0.165 e. The van der Waals surface area contributed by atoms with Crippen molar-refractivity contribution < 1.29 is 0 Å². The molecule has 1 atom stereocenters. The second-order valence-electron chi connectivity index (χ2n) is 4.98. The van der Waals surface area contributed by atoms with Crippen LogP contribution in [0.3, 0.4) is 0 Å². The first-order valence-electron chi connectivity index (χ1n) is 6.76. The van der Waals surface area contributed by atoms with Crippen molar-refractivity contribution in [2.45, 2.75) is 19.9 Å². The number of thiazole rings is 1. The Bertz CT molecular complexity index is 746. The van der Waals surface area contributed by atoms with Gasteiger partial charge in [-0.05, 0) is 26.0 Å². The quantitative estimate of drug-likeness (QED) is 0.802. The highest BCUT2D eigenvalue weighted by Crippen LogP contribution is 2.30. The first-order chi connectivity index (χ1) is 10.2. The first-order valence-corrected chi connectivity index (χ1v) is 7.64. The Morgan fingerprint density at radius 2 is 2.10 bits per heavy atom. The Balaban J connectivity index is 1.93. The van der Waals surface area contributed by atoms with Gasteiger partial charge in [0.1, 0.15) is 6.33 Å². The lowest BCUT2D eigenvalue weighted by molar-refractivity contribution is 0.886. The number of anilines is 1. The summed E-state index contributed by atoms with van der Waals surface area (Å²) in [5.41, 5.74) is 5.06. The van der Waals surface area contributed by atoms with Crippen LogP contribution in [-0.2, 0) is 7.05 Å². The molecule has 0 saturated carbocycles. The average Bonchev–Trinajstić information content (AvgIpc) is 3.08. The number of aromatic nitrogens is 4. The molecule has 21 heavy (non-hydrogen) atoms. The van der Waals surface area contributed by atoms with Crippen LogP contribution in [-0.4, -0.2) is 19.7 Å². The fourth-order valence-electron chi connectivity index (χ4n) is 2.36. The number of aryl methyl sites for hydroxylation is 2. The number of para-hydroxylation sites is 1. The van der Waals surface area contributed by atoms with Crippen LogP contribution in [0.2, 0.25) is 0 Å². The van der Waals surface area contributed by atoms with Gasteiger partial charge in [0, 0.05) is 23.2 Å². The Labute approximate surface area is 127 Å². The minimum absolute atomic E-state index is 0.201. The van der Waals surface area contributed by atoms with Gasteiger partial charge < -0.3 is 9.88 Å². The van der Waals surface area contributed by atoms with Crippen molar-refractivity contribution in [3.63, 3.8) is 0 Å². The molecule has 0 radical (unpaired) electrons. The van der Waals surface area contributed by atoms with Gasteiger partial charge in [0.25, 0.3) is 0 Å². The molecule has 0 spiro atoms. The predicted molar refractivity (Wildman–Crippen MR) is 85.3 cm³/mol. The van der Waals surface area contributed by atoms with Crippen LogP contribution >= 0.6 is 11.3 Å². The predicted octanol–water partition coefficient (Wildman–Crippen LogP) is 3.42. The van der Waals surface area contributed by atoms with E-state index in [0.717, 1.165) is 22.8 Å². The van der Waals surface area contributed by atoms with Crippen LogP contribution < -0.4 is 5.32 Å². The van der Waals surface area contributed by atoms with Crippen LogP contribution in [0.5, 0.6) is 0 Å². The third kappa shape index (κ3) is 2.67. The van der Waals surface area contributed by atoms with Crippen molar-refractivity contribution in [3.05, 3.63) is 46.7 Å². The van der Waals surface area contributed by atoms with Gasteiger partial charge in [-0.25, -0.2) is 4.98 Å². The van der Waals surface area contributed by atoms with Crippen molar-refractivity contribution >= 4 is 17.0 Å². The van der Waals surface area contributed by atoms with E-state index >= 15 is 0 Å². The highest BCUT2D eigenvalue weighted by molar-refractivity contribution is 7.09. The summed E-state index contributed by atoms with van der Waals surface area (Å²) in [6.07, 6.45) is 1.71. The second-order valence-corrected chi connectivity index (χ2v) is 5.87. The molecule has 0 fully saturated rings. The molecular formula is C15H17N5S. The van der Waals surface area contributed by atoms with Gasteiger partial charge in [-0.1, -0.05) is 12.1 Å². The number of rotatable bonds is 4. The number of hydrogen-bond donors (Lipinski definition) is 1. The van der Waals surface area contributed by atoms with Crippen LogP contribution in [0, 0.1) is 6.92 Å². The monoisotopic (exact) mass is 299 g/mol. The molecule has 0 bridgehead atoms. The van der Waals surface area contributed by atoms with Crippen molar-refractivity contribution in [1.82, 2.24) is 19.7 Å². The largest absolute Gasteiger partial charge is 0.377 e. The van der Waals surface area contributed by atoms with Gasteiger partial charge in [-0.2, -0.15) is 0 Å². The molecule has 1 N–H and O–H groups in total. The topological polar surface area (TPSA) is 55.6 Å². The van der Waals surface area contributed by atoms with E-state index in [1.165, 1.54) is 4.88 Å². The summed E-state index contributed by atoms with van der Waals surface area (Å²) >= 11 is 1.68. The lowest BCUT2D eigenvalue weighted by Crippen LogP contribution is -2.08. The third-order valence-electron chi connectivity index (χ3n) is 3.43. The highest BCUT2D eigenvalue weighted by atomic mass is 32.1. The summed E-state index contributed by atoms with van der Waals surface area (Å²) < 4.78 is 1.92. The SMILES string of the molecule is Cc1ncsc1C(C)Nc1ccccc1-c1nncn1C. The van der Waals surface area contributed by atoms with E-state index in [4.69, 9.17) is 0 Å². The summed E-state index contributed by atoms with van der Waals surface area (Å²) in [7, 11) is 1.95. The number of benzene rings is 1. The lowest BCUT2D eigenvalue weighted by atomic mass is 10.1. The number of nitrogens with zero attached hydrogens (tertiary/aromatic N) is 4. The molecular weight excluding hydrogens is 282 g/mol. The van der Waals surface area contributed by atoms with Gasteiger partial charge in [0.05, 0.1) is 17.2 Å². The van der Waals surface area contributed by atoms with E-state index in [9.17, 15) is 0 Å². The maximum Gasteiger partial charge on any atom is 0.165 e. The molecule has 3 aromatic rings. The zero-order valence-corrected chi connectivity index (χ0v) is 13.1. The summed E-state index contributed by atoms with van der Waals surface area (Å²) in [5, 5.41) is 11.7. The maximum absolute atomic E-state index is 4.32. The molecule has 3 rings (SSSR count). The summed E-state index contributed by atoms with van der Waals surface area (Å²) in [5.74, 6) is 0.853. The minimum atomic E-state index is 0.201. The van der Waals surface area contributed by atoms with Gasteiger partial charge in [-0.15, -0.1) is 21.5 Å². The maximum atomic E-state index is 4.32. The van der Waals surface area contributed by atoms with Gasteiger partial charge in [0.15, 0.2) is 5.82 Å². The Kier molecular flexibility index (Phi) is 3.70. The highest BCUT2D eigenvalue weighted by Gasteiger charge is 2.15. The molecule has 2 aromatic heterocycles. The number of nitrogens with one attached hydrogen (secondary N) is 1. The van der Waals surface area contributed by atoms with Gasteiger partial charge in [0.2, 0.25) is 0 Å². The van der Waals surface area contributed by atoms with Crippen LogP contribution in [0.15, 0.2) is 36.1 Å². The molecule has 6 heteroatoms. The fraction of sp³-hybridized carbons (Fsp3) is 0.267. The second kappa shape index (κ2) is 5.65. The zero-order valence-electron chi connectivity index (χ0n) is 12.2. The minimum Gasteiger partial charge on any atom is -0.377 e. The normalized spacial score (nSPS) is 12.3. The van der Waals surface area contributed by atoms with Crippen molar-refractivity contribution in [1.29, 1.82) is 0 Å². The van der Waals surface area contributed by atoms with Crippen LogP contribution in [0.1, 0.15) is 23.5 Å². The molecule has 0 aliphatic carbocycles. The summed E-state index contributed by atoms with van der Waals surface area (Å²) in [6, 6.07) is 8.36. The molecule has 0 aliphatic heterocycles. The molecule has 0 aliphatic rings. The number of hydrogen-bond acceptors (Lipinski definition) is 5. The van der Waals surface area contributed by atoms with E-state index in [2.05, 4.69) is 39.6 Å². The first kappa shape index (κ1) is 13.8. The van der Waals surface area contributed by atoms with Crippen LogP contribution in [0.25, 0.3) is 11.4 Å². The molecule has 108 valence electrons. The molecule has 2 heterocycles. The third-order valence-corrected chi connectivity index (χ3v) is 4.54. The zero-order chi connectivity index (χ0) is 14.8. The Hall–Kier alpha value is -2.21. The molecule has 1 unspecified atom stereocenters. The van der Waals surface area contributed by atoms with Gasteiger partial charge in [-0.3, -0.25) is 0 Å². The van der Waals surface area contributed by atoms with Crippen molar-refractivity contribution in [2.75, 3.05) is 5.32 Å². The lowest BCUT2D eigenvalue weighted by Gasteiger charge is -2.17. The summed E-state index contributed by atoms with van der Waals surface area (Å²) in [4.78, 5) is 5.57. The standard InChI is InChI=1S/C15H17N5S/c1-10-14(21-9-16-10)11(2)18-13-7-5-4-6-12(13)15-19-17-8-20(15)3/h4-9,11,18H,1-3H3. The molecule has 5 nitrogen and oxygen atoms in total. The van der Waals surface area contributed by atoms with E-state index < -0.39 is 0 Å².